The van der Waals surface area contributed by atoms with Gasteiger partial charge in [-0.25, -0.2) is 0 Å². The van der Waals surface area contributed by atoms with Gasteiger partial charge in [0.05, 0.1) is 27.9 Å². The lowest BCUT2D eigenvalue weighted by Gasteiger charge is -2.32. The van der Waals surface area contributed by atoms with E-state index in [-0.39, 0.29) is 24.5 Å². The lowest BCUT2D eigenvalue weighted by atomic mass is 10.1. The molecule has 0 saturated carbocycles. The van der Waals surface area contributed by atoms with Gasteiger partial charge in [-0.1, -0.05) is 30.3 Å². The van der Waals surface area contributed by atoms with Crippen molar-refractivity contribution in [2.45, 2.75) is 25.6 Å². The molecule has 3 rings (SSSR count). The van der Waals surface area contributed by atoms with Crippen LogP contribution in [-0.4, -0.2) is 42.5 Å². The Labute approximate surface area is 165 Å². The fourth-order valence-corrected chi connectivity index (χ4v) is 4.15. The van der Waals surface area contributed by atoms with Crippen LogP contribution in [0.4, 0.5) is 0 Å². The van der Waals surface area contributed by atoms with Crippen molar-refractivity contribution in [3.63, 3.8) is 0 Å². The molecule has 2 aromatic rings. The highest BCUT2D eigenvalue weighted by atomic mass is 79.9. The maximum absolute atomic E-state index is 12.3. The van der Waals surface area contributed by atoms with Crippen molar-refractivity contribution in [2.24, 2.45) is 0 Å². The van der Waals surface area contributed by atoms with E-state index < -0.39 is 0 Å². The second-order valence-electron chi connectivity index (χ2n) is 6.16. The normalized spacial score (nSPS) is 15.0. The standard InChI is InChI=1S/C19H21BrN2O3S/c20-17-7-6-16(26-17)19(24)21-12-18(23)22-10-8-15(9-11-22)25-13-14-4-2-1-3-5-14/h1-7,15H,8-13H2,(H,21,24). The van der Waals surface area contributed by atoms with Gasteiger partial charge < -0.3 is 15.0 Å². The molecule has 5 nitrogen and oxygen atoms in total. The van der Waals surface area contributed by atoms with Crippen LogP contribution in [0.3, 0.4) is 0 Å². The largest absolute Gasteiger partial charge is 0.373 e. The average molecular weight is 437 g/mol. The van der Waals surface area contributed by atoms with Crippen LogP contribution in [-0.2, 0) is 16.1 Å². The number of likely N-dealkylation sites (tertiary alicyclic amines) is 1. The number of halogens is 1. The Morgan fingerprint density at radius 2 is 1.88 bits per heavy atom. The molecule has 2 amide bonds. The predicted molar refractivity (Wildman–Crippen MR) is 105 cm³/mol. The number of nitrogens with one attached hydrogen (secondary N) is 1. The van der Waals surface area contributed by atoms with E-state index in [4.69, 9.17) is 4.74 Å². The van der Waals surface area contributed by atoms with Gasteiger partial charge in [-0.3, -0.25) is 9.59 Å². The summed E-state index contributed by atoms with van der Waals surface area (Å²) in [6.45, 7) is 1.97. The van der Waals surface area contributed by atoms with E-state index in [1.807, 2.05) is 36.4 Å². The zero-order valence-corrected chi connectivity index (χ0v) is 16.7. The topological polar surface area (TPSA) is 58.6 Å². The highest BCUT2D eigenvalue weighted by molar-refractivity contribution is 9.11. The number of carbonyl (C=O) groups is 2. The minimum Gasteiger partial charge on any atom is -0.373 e. The Morgan fingerprint density at radius 1 is 1.15 bits per heavy atom. The maximum atomic E-state index is 12.3. The number of hydrogen-bond donors (Lipinski definition) is 1. The third-order valence-corrected chi connectivity index (χ3v) is 5.94. The van der Waals surface area contributed by atoms with Crippen molar-refractivity contribution < 1.29 is 14.3 Å². The molecule has 0 bridgehead atoms. The van der Waals surface area contributed by atoms with Crippen LogP contribution in [0.5, 0.6) is 0 Å². The van der Waals surface area contributed by atoms with Gasteiger partial charge in [-0.15, -0.1) is 11.3 Å². The second-order valence-corrected chi connectivity index (χ2v) is 8.63. The summed E-state index contributed by atoms with van der Waals surface area (Å²) in [4.78, 5) is 26.7. The molecule has 0 radical (unpaired) electrons. The number of rotatable bonds is 6. The fraction of sp³-hybridized carbons (Fsp3) is 0.368. The molecule has 138 valence electrons. The number of hydrogen-bond acceptors (Lipinski definition) is 4. The molecule has 1 fully saturated rings. The lowest BCUT2D eigenvalue weighted by molar-refractivity contribution is -0.132. The molecule has 1 aromatic heterocycles. The summed E-state index contributed by atoms with van der Waals surface area (Å²) in [5.74, 6) is -0.259. The molecule has 1 saturated heterocycles. The molecule has 0 atom stereocenters. The van der Waals surface area contributed by atoms with Crippen LogP contribution >= 0.6 is 27.3 Å². The molecule has 2 heterocycles. The summed E-state index contributed by atoms with van der Waals surface area (Å²) < 4.78 is 6.84. The first-order valence-electron chi connectivity index (χ1n) is 8.58. The minimum absolute atomic E-state index is 0.0316. The first-order chi connectivity index (χ1) is 12.6. The summed E-state index contributed by atoms with van der Waals surface area (Å²) in [6.07, 6.45) is 1.83. The fourth-order valence-electron chi connectivity index (χ4n) is 2.85. The van der Waals surface area contributed by atoms with Crippen molar-refractivity contribution in [2.75, 3.05) is 19.6 Å². The lowest BCUT2D eigenvalue weighted by Crippen LogP contribution is -2.45. The maximum Gasteiger partial charge on any atom is 0.261 e. The van der Waals surface area contributed by atoms with E-state index in [9.17, 15) is 9.59 Å². The van der Waals surface area contributed by atoms with Crippen LogP contribution in [0, 0.1) is 0 Å². The number of nitrogens with zero attached hydrogens (tertiary/aromatic N) is 1. The van der Waals surface area contributed by atoms with Gasteiger partial charge in [0.1, 0.15) is 0 Å². The summed E-state index contributed by atoms with van der Waals surface area (Å²) in [5.41, 5.74) is 1.16. The van der Waals surface area contributed by atoms with E-state index in [1.54, 1.807) is 11.0 Å². The molecule has 0 unspecified atom stereocenters. The predicted octanol–water partition coefficient (Wildman–Crippen LogP) is 3.45. The van der Waals surface area contributed by atoms with Crippen LogP contribution in [0.15, 0.2) is 46.3 Å². The Balaban J connectivity index is 1.37. The molecular formula is C19H21BrN2O3S. The highest BCUT2D eigenvalue weighted by Gasteiger charge is 2.23. The molecule has 1 N–H and O–H groups in total. The zero-order valence-electron chi connectivity index (χ0n) is 14.3. The third kappa shape index (κ3) is 5.40. The summed E-state index contributed by atoms with van der Waals surface area (Å²) in [7, 11) is 0. The minimum atomic E-state index is -0.213. The van der Waals surface area contributed by atoms with E-state index in [2.05, 4.69) is 21.2 Å². The van der Waals surface area contributed by atoms with E-state index in [0.29, 0.717) is 24.6 Å². The quantitative estimate of drug-likeness (QED) is 0.753. The zero-order chi connectivity index (χ0) is 18.4. The van der Waals surface area contributed by atoms with Gasteiger partial charge in [-0.05, 0) is 46.5 Å². The first kappa shape index (κ1) is 19.1. The van der Waals surface area contributed by atoms with Gasteiger partial charge in [-0.2, -0.15) is 0 Å². The molecule has 1 aliphatic rings. The van der Waals surface area contributed by atoms with Crippen LogP contribution in [0.1, 0.15) is 28.1 Å². The van der Waals surface area contributed by atoms with Crippen molar-refractivity contribution >= 4 is 39.1 Å². The third-order valence-electron chi connectivity index (χ3n) is 4.32. The van der Waals surface area contributed by atoms with Gasteiger partial charge in [0.25, 0.3) is 5.91 Å². The number of ether oxygens (including phenoxy) is 1. The molecular weight excluding hydrogens is 416 g/mol. The van der Waals surface area contributed by atoms with E-state index in [0.717, 1.165) is 22.2 Å². The number of benzene rings is 1. The Bertz CT molecular complexity index is 742. The van der Waals surface area contributed by atoms with Crippen molar-refractivity contribution in [1.29, 1.82) is 0 Å². The number of carbonyl (C=O) groups excluding carboxylic acids is 2. The van der Waals surface area contributed by atoms with Gasteiger partial charge >= 0.3 is 0 Å². The second kappa shape index (κ2) is 9.30. The van der Waals surface area contributed by atoms with Crippen molar-refractivity contribution in [3.8, 4) is 0 Å². The highest BCUT2D eigenvalue weighted by Crippen LogP contribution is 2.21. The van der Waals surface area contributed by atoms with Crippen LogP contribution in [0.25, 0.3) is 0 Å². The number of amides is 2. The first-order valence-corrected chi connectivity index (χ1v) is 10.2. The number of piperidine rings is 1. The molecule has 0 spiro atoms. The van der Waals surface area contributed by atoms with Crippen molar-refractivity contribution in [1.82, 2.24) is 10.2 Å². The molecule has 1 aromatic carbocycles. The SMILES string of the molecule is O=C(NCC(=O)N1CCC(OCc2ccccc2)CC1)c1ccc(Br)s1. The molecule has 26 heavy (non-hydrogen) atoms. The average Bonchev–Trinajstić information content (AvgIpc) is 3.12. The van der Waals surface area contributed by atoms with Gasteiger partial charge in [0.15, 0.2) is 0 Å². The van der Waals surface area contributed by atoms with Crippen molar-refractivity contribution in [3.05, 3.63) is 56.7 Å². The number of thiophene rings is 1. The Hall–Kier alpha value is -1.70. The van der Waals surface area contributed by atoms with Gasteiger partial charge in [0, 0.05) is 13.1 Å². The monoisotopic (exact) mass is 436 g/mol. The Kier molecular flexibility index (Phi) is 6.82. The smallest absolute Gasteiger partial charge is 0.261 e. The molecule has 7 heteroatoms. The van der Waals surface area contributed by atoms with Crippen LogP contribution in [0.2, 0.25) is 0 Å². The Morgan fingerprint density at radius 3 is 2.54 bits per heavy atom. The summed E-state index contributed by atoms with van der Waals surface area (Å²) in [5, 5.41) is 2.70. The molecule has 0 aliphatic carbocycles. The van der Waals surface area contributed by atoms with Crippen LogP contribution < -0.4 is 5.32 Å². The summed E-state index contributed by atoms with van der Waals surface area (Å²) in [6, 6.07) is 13.7. The van der Waals surface area contributed by atoms with E-state index in [1.165, 1.54) is 11.3 Å². The summed E-state index contributed by atoms with van der Waals surface area (Å²) >= 11 is 4.68. The van der Waals surface area contributed by atoms with Gasteiger partial charge in [0.2, 0.25) is 5.91 Å². The molecule has 1 aliphatic heterocycles. The van der Waals surface area contributed by atoms with E-state index >= 15 is 0 Å².